The molecule has 0 radical (unpaired) electrons. The molecule has 0 saturated heterocycles. The van der Waals surface area contributed by atoms with E-state index in [0.29, 0.717) is 17.0 Å². The molecule has 6 heteroatoms. The summed E-state index contributed by atoms with van der Waals surface area (Å²) >= 11 is 0. The van der Waals surface area contributed by atoms with Crippen LogP contribution in [0.15, 0.2) is 35.6 Å². The summed E-state index contributed by atoms with van der Waals surface area (Å²) in [5.74, 6) is -1.66. The van der Waals surface area contributed by atoms with Crippen molar-refractivity contribution in [3.8, 4) is 11.1 Å². The number of halogens is 1. The van der Waals surface area contributed by atoms with Gasteiger partial charge in [-0.05, 0) is 42.0 Å². The Morgan fingerprint density at radius 1 is 1.40 bits per heavy atom. The number of aromatic nitrogens is 2. The first kappa shape index (κ1) is 15.5. The van der Waals surface area contributed by atoms with Crippen LogP contribution < -0.4 is 0 Å². The second-order valence-corrected chi connectivity index (χ2v) is 6.21. The van der Waals surface area contributed by atoms with Gasteiger partial charge < -0.3 is 10.1 Å². The molecule has 3 aromatic rings. The van der Waals surface area contributed by atoms with Crippen LogP contribution in [0.1, 0.15) is 29.3 Å². The fourth-order valence-corrected chi connectivity index (χ4v) is 3.30. The van der Waals surface area contributed by atoms with E-state index in [2.05, 4.69) is 21.9 Å². The Labute approximate surface area is 143 Å². The van der Waals surface area contributed by atoms with Gasteiger partial charge in [-0.1, -0.05) is 19.1 Å². The van der Waals surface area contributed by atoms with Crippen molar-refractivity contribution in [3.05, 3.63) is 47.5 Å². The van der Waals surface area contributed by atoms with E-state index in [1.165, 1.54) is 18.0 Å². The maximum absolute atomic E-state index is 14.4. The van der Waals surface area contributed by atoms with E-state index in [4.69, 9.17) is 0 Å². The van der Waals surface area contributed by atoms with Crippen LogP contribution in [0.5, 0.6) is 0 Å². The number of carbonyl (C=O) groups is 1. The van der Waals surface area contributed by atoms with E-state index in [0.717, 1.165) is 24.1 Å². The minimum absolute atomic E-state index is 0.190. The number of nitrogens with zero attached hydrogens (tertiary/aromatic N) is 2. The molecule has 1 atom stereocenters. The fourth-order valence-electron chi connectivity index (χ4n) is 3.30. The summed E-state index contributed by atoms with van der Waals surface area (Å²) in [5, 5.41) is 9.24. The smallest absolute Gasteiger partial charge is 0.340 e. The Hall–Kier alpha value is -3.02. The number of carboxylic acids is 1. The molecule has 0 amide bonds. The van der Waals surface area contributed by atoms with Crippen molar-refractivity contribution in [1.82, 2.24) is 9.97 Å². The molecule has 0 bridgehead atoms. The number of fused-ring (bicyclic) bond motifs is 2. The Morgan fingerprint density at radius 2 is 2.24 bits per heavy atom. The highest BCUT2D eigenvalue weighted by Crippen LogP contribution is 2.36. The summed E-state index contributed by atoms with van der Waals surface area (Å²) in [6.45, 7) is 2.14. The number of carboxylic acid groups (broad SMARTS) is 1. The highest BCUT2D eigenvalue weighted by Gasteiger charge is 2.21. The number of hydrogen-bond acceptors (Lipinski definition) is 3. The Bertz CT molecular complexity index is 1020. The van der Waals surface area contributed by atoms with Crippen LogP contribution in [-0.2, 0) is 6.42 Å². The van der Waals surface area contributed by atoms with Crippen molar-refractivity contribution in [1.29, 1.82) is 0 Å². The molecule has 4 rings (SSSR count). The third-order valence-corrected chi connectivity index (χ3v) is 4.70. The molecule has 1 aliphatic heterocycles. The largest absolute Gasteiger partial charge is 0.478 e. The molecule has 2 aromatic carbocycles. The number of nitrogens with one attached hydrogen (secondary N) is 1. The predicted molar refractivity (Wildman–Crippen MR) is 94.1 cm³/mol. The topological polar surface area (TPSA) is 78.3 Å². The molecule has 0 spiro atoms. The van der Waals surface area contributed by atoms with Crippen LogP contribution in [0, 0.1) is 11.7 Å². The zero-order valence-corrected chi connectivity index (χ0v) is 13.6. The number of hydrogen-bond donors (Lipinski definition) is 2. The molecule has 2 heterocycles. The number of H-pyrrole nitrogens is 1. The average molecular weight is 337 g/mol. The average Bonchev–Trinajstić information content (AvgIpc) is 3.08. The zero-order valence-electron chi connectivity index (χ0n) is 13.6. The van der Waals surface area contributed by atoms with Crippen molar-refractivity contribution < 1.29 is 14.3 Å². The summed E-state index contributed by atoms with van der Waals surface area (Å²) in [5.41, 5.74) is 3.58. The van der Waals surface area contributed by atoms with E-state index >= 15 is 0 Å². The maximum Gasteiger partial charge on any atom is 0.340 e. The lowest BCUT2D eigenvalue weighted by Crippen LogP contribution is -2.08. The van der Waals surface area contributed by atoms with Crippen molar-refractivity contribution in [2.75, 3.05) is 0 Å². The van der Waals surface area contributed by atoms with E-state index in [-0.39, 0.29) is 5.52 Å². The van der Waals surface area contributed by atoms with Crippen LogP contribution >= 0.6 is 0 Å². The van der Waals surface area contributed by atoms with Crippen LogP contribution in [0.4, 0.5) is 10.1 Å². The number of benzene rings is 2. The van der Waals surface area contributed by atoms with Crippen molar-refractivity contribution >= 4 is 28.9 Å². The molecular weight excluding hydrogens is 321 g/mol. The quantitative estimate of drug-likeness (QED) is 0.746. The summed E-state index contributed by atoms with van der Waals surface area (Å²) in [6.07, 6.45) is 5.33. The molecule has 1 aromatic heterocycles. The molecule has 1 aliphatic rings. The number of rotatable bonds is 3. The minimum atomic E-state index is -1.32. The van der Waals surface area contributed by atoms with E-state index < -0.39 is 17.3 Å². The lowest BCUT2D eigenvalue weighted by molar-refractivity contribution is 0.0694. The lowest BCUT2D eigenvalue weighted by atomic mass is 9.92. The Morgan fingerprint density at radius 3 is 3.00 bits per heavy atom. The van der Waals surface area contributed by atoms with Crippen LogP contribution in [-0.4, -0.2) is 27.3 Å². The highest BCUT2D eigenvalue weighted by molar-refractivity contribution is 6.05. The van der Waals surface area contributed by atoms with E-state index in [1.807, 2.05) is 24.4 Å². The minimum Gasteiger partial charge on any atom is -0.478 e. The molecule has 0 saturated carbocycles. The van der Waals surface area contributed by atoms with Gasteiger partial charge in [0, 0.05) is 11.8 Å². The first-order valence-electron chi connectivity index (χ1n) is 8.14. The highest BCUT2D eigenvalue weighted by atomic mass is 19.1. The van der Waals surface area contributed by atoms with Gasteiger partial charge in [0.25, 0.3) is 0 Å². The first-order chi connectivity index (χ1) is 12.1. The van der Waals surface area contributed by atoms with Crippen molar-refractivity contribution in [2.45, 2.75) is 19.8 Å². The number of aliphatic imine (C=N–C) groups is 1. The number of aromatic carboxylic acids is 1. The van der Waals surface area contributed by atoms with E-state index in [1.54, 1.807) is 0 Å². The Kier molecular flexibility index (Phi) is 3.60. The lowest BCUT2D eigenvalue weighted by Gasteiger charge is -2.18. The number of aromatic amines is 1. The predicted octanol–water partition coefficient (Wildman–Crippen LogP) is 4.35. The second kappa shape index (κ2) is 5.81. The third kappa shape index (κ3) is 2.50. The van der Waals surface area contributed by atoms with E-state index in [9.17, 15) is 14.3 Å². The van der Waals surface area contributed by atoms with Crippen LogP contribution in [0.3, 0.4) is 0 Å². The first-order valence-corrected chi connectivity index (χ1v) is 8.14. The summed E-state index contributed by atoms with van der Waals surface area (Å²) in [4.78, 5) is 22.8. The van der Waals surface area contributed by atoms with Gasteiger partial charge in [-0.3, -0.25) is 4.99 Å². The van der Waals surface area contributed by atoms with Gasteiger partial charge >= 0.3 is 5.97 Å². The maximum atomic E-state index is 14.4. The molecule has 0 fully saturated rings. The van der Waals surface area contributed by atoms with Crippen LogP contribution in [0.25, 0.3) is 22.2 Å². The van der Waals surface area contributed by atoms with Crippen LogP contribution in [0.2, 0.25) is 0 Å². The molecule has 25 heavy (non-hydrogen) atoms. The summed E-state index contributed by atoms with van der Waals surface area (Å²) < 4.78 is 14.4. The number of imidazole rings is 1. The molecule has 126 valence electrons. The molecular formula is C19H16FN3O2. The normalized spacial score (nSPS) is 16.2. The molecule has 1 unspecified atom stereocenters. The van der Waals surface area contributed by atoms with Gasteiger partial charge in [-0.25, -0.2) is 14.2 Å². The van der Waals surface area contributed by atoms with Gasteiger partial charge in [0.1, 0.15) is 11.4 Å². The third-order valence-electron chi connectivity index (χ3n) is 4.70. The van der Waals surface area contributed by atoms with Gasteiger partial charge in [0.2, 0.25) is 0 Å². The molecule has 2 N–H and O–H groups in total. The van der Waals surface area contributed by atoms with Crippen molar-refractivity contribution in [3.63, 3.8) is 0 Å². The SMILES string of the molecule is CCC1C=Nc2cc(-c3cc(F)c(C(=O)O)c4[nH]cnc34)ccc2C1. The Balaban J connectivity index is 1.88. The molecule has 0 aliphatic carbocycles. The van der Waals surface area contributed by atoms with Gasteiger partial charge in [-0.15, -0.1) is 0 Å². The monoisotopic (exact) mass is 337 g/mol. The van der Waals surface area contributed by atoms with Gasteiger partial charge in [0.15, 0.2) is 0 Å². The fraction of sp³-hybridized carbons (Fsp3) is 0.211. The van der Waals surface area contributed by atoms with Gasteiger partial charge in [-0.2, -0.15) is 0 Å². The zero-order chi connectivity index (χ0) is 17.6. The molecule has 5 nitrogen and oxygen atoms in total. The standard InChI is InChI=1S/C19H16FN3O2/c1-2-10-5-12-4-3-11(6-15(12)21-8-10)13-7-14(20)16(19(24)25)18-17(13)22-9-23-18/h3-4,6-10H,2,5H2,1H3,(H,22,23)(H,24,25). The summed E-state index contributed by atoms with van der Waals surface area (Å²) in [7, 11) is 0. The summed E-state index contributed by atoms with van der Waals surface area (Å²) in [6, 6.07) is 7.05. The van der Waals surface area contributed by atoms with Crippen molar-refractivity contribution in [2.24, 2.45) is 10.9 Å². The second-order valence-electron chi connectivity index (χ2n) is 6.21. The van der Waals surface area contributed by atoms with Gasteiger partial charge in [0.05, 0.1) is 23.0 Å².